The lowest BCUT2D eigenvalue weighted by atomic mass is 10.0. The molecule has 2 heterocycles. The Kier molecular flexibility index (Phi) is 7.22. The molecule has 10 heteroatoms. The largest absolute Gasteiger partial charge is 0.493 e. The third-order valence-electron chi connectivity index (χ3n) is 4.86. The van der Waals surface area contributed by atoms with Gasteiger partial charge in [0.1, 0.15) is 0 Å². The molecule has 0 bridgehead atoms. The monoisotopic (exact) mass is 450 g/mol. The molecule has 172 valence electrons. The van der Waals surface area contributed by atoms with Crippen molar-refractivity contribution in [3.63, 3.8) is 0 Å². The van der Waals surface area contributed by atoms with Crippen LogP contribution in [0.3, 0.4) is 0 Å². The number of alkyl halides is 3. The molecule has 32 heavy (non-hydrogen) atoms. The van der Waals surface area contributed by atoms with Crippen LogP contribution in [0, 0.1) is 5.92 Å². The standard InChI is InChI=1S/C22H25F3N4O3/c1-14(2)20(21-28-27-18-6-4-5-11-29(18)21)26-19(30)10-8-15-7-9-16(17(12-15)31-3)32-13-22(23,24)25/h4-7,9,11-12,14,20H,8,10,13H2,1-3H3,(H,26,30). The van der Waals surface area contributed by atoms with Gasteiger partial charge in [-0.05, 0) is 42.2 Å². The maximum atomic E-state index is 12.6. The van der Waals surface area contributed by atoms with E-state index >= 15 is 0 Å². The lowest BCUT2D eigenvalue weighted by Gasteiger charge is -2.21. The van der Waals surface area contributed by atoms with Gasteiger partial charge in [0, 0.05) is 12.6 Å². The lowest BCUT2D eigenvalue weighted by Crippen LogP contribution is -2.33. The number of ether oxygens (including phenoxy) is 2. The van der Waals surface area contributed by atoms with E-state index < -0.39 is 12.8 Å². The van der Waals surface area contributed by atoms with E-state index in [1.54, 1.807) is 12.1 Å². The summed E-state index contributed by atoms with van der Waals surface area (Å²) in [5.41, 5.74) is 1.44. The number of nitrogens with one attached hydrogen (secondary N) is 1. The first-order valence-corrected chi connectivity index (χ1v) is 10.1. The van der Waals surface area contributed by atoms with Crippen molar-refractivity contribution in [2.45, 2.75) is 38.9 Å². The predicted molar refractivity (Wildman–Crippen MR) is 112 cm³/mol. The smallest absolute Gasteiger partial charge is 0.422 e. The highest BCUT2D eigenvalue weighted by atomic mass is 19.4. The Hall–Kier alpha value is -3.30. The maximum absolute atomic E-state index is 12.6. The summed E-state index contributed by atoms with van der Waals surface area (Å²) >= 11 is 0. The number of fused-ring (bicyclic) bond motifs is 1. The van der Waals surface area contributed by atoms with Crippen LogP contribution in [0.2, 0.25) is 0 Å². The summed E-state index contributed by atoms with van der Waals surface area (Å²) in [4.78, 5) is 12.6. The summed E-state index contributed by atoms with van der Waals surface area (Å²) in [5, 5.41) is 11.4. The number of carbonyl (C=O) groups excluding carboxylic acids is 1. The second-order valence-corrected chi connectivity index (χ2v) is 7.67. The first kappa shape index (κ1) is 23.4. The topological polar surface area (TPSA) is 77.8 Å². The third kappa shape index (κ3) is 5.89. The summed E-state index contributed by atoms with van der Waals surface area (Å²) in [7, 11) is 1.35. The Morgan fingerprint density at radius 3 is 2.62 bits per heavy atom. The highest BCUT2D eigenvalue weighted by molar-refractivity contribution is 5.76. The molecule has 0 saturated carbocycles. The molecule has 3 rings (SSSR count). The fraction of sp³-hybridized carbons (Fsp3) is 0.409. The number of hydrogen-bond donors (Lipinski definition) is 1. The van der Waals surface area contributed by atoms with Crippen molar-refractivity contribution in [3.05, 3.63) is 54.0 Å². The third-order valence-corrected chi connectivity index (χ3v) is 4.86. The minimum Gasteiger partial charge on any atom is -0.493 e. The minimum atomic E-state index is -4.44. The van der Waals surface area contributed by atoms with Crippen LogP contribution in [0.15, 0.2) is 42.6 Å². The van der Waals surface area contributed by atoms with Gasteiger partial charge in [0.15, 0.2) is 29.6 Å². The van der Waals surface area contributed by atoms with Crippen LogP contribution < -0.4 is 14.8 Å². The van der Waals surface area contributed by atoms with E-state index in [1.807, 2.05) is 42.6 Å². The number of methoxy groups -OCH3 is 1. The molecular formula is C22H25F3N4O3. The number of hydrogen-bond acceptors (Lipinski definition) is 5. The van der Waals surface area contributed by atoms with Crippen molar-refractivity contribution in [1.82, 2.24) is 19.9 Å². The van der Waals surface area contributed by atoms with Gasteiger partial charge < -0.3 is 14.8 Å². The lowest BCUT2D eigenvalue weighted by molar-refractivity contribution is -0.153. The molecule has 1 unspecified atom stereocenters. The molecule has 0 aliphatic rings. The number of benzene rings is 1. The van der Waals surface area contributed by atoms with E-state index in [1.165, 1.54) is 13.2 Å². The van der Waals surface area contributed by atoms with Crippen LogP contribution in [0.25, 0.3) is 5.65 Å². The molecule has 0 spiro atoms. The molecule has 0 radical (unpaired) electrons. The number of rotatable bonds is 9. The Bertz CT molecular complexity index is 1070. The van der Waals surface area contributed by atoms with E-state index in [-0.39, 0.29) is 35.8 Å². The zero-order valence-electron chi connectivity index (χ0n) is 18.0. The van der Waals surface area contributed by atoms with Crippen LogP contribution in [0.1, 0.15) is 37.7 Å². The van der Waals surface area contributed by atoms with Gasteiger partial charge in [-0.25, -0.2) is 0 Å². The quantitative estimate of drug-likeness (QED) is 0.531. The molecule has 7 nitrogen and oxygen atoms in total. The summed E-state index contributed by atoms with van der Waals surface area (Å²) in [6.45, 7) is 2.57. The Labute approximate surface area is 183 Å². The summed E-state index contributed by atoms with van der Waals surface area (Å²) in [6.07, 6.45) is -2.02. The average Bonchev–Trinajstić information content (AvgIpc) is 3.17. The van der Waals surface area contributed by atoms with Crippen molar-refractivity contribution >= 4 is 11.6 Å². The van der Waals surface area contributed by atoms with Gasteiger partial charge in [-0.2, -0.15) is 13.2 Å². The van der Waals surface area contributed by atoms with Crippen LogP contribution in [0.4, 0.5) is 13.2 Å². The number of amides is 1. The summed E-state index contributed by atoms with van der Waals surface area (Å²) < 4.78 is 48.9. The molecule has 1 aromatic carbocycles. The van der Waals surface area contributed by atoms with Crippen LogP contribution in [0.5, 0.6) is 11.5 Å². The van der Waals surface area contributed by atoms with Gasteiger partial charge in [0.25, 0.3) is 0 Å². The normalized spacial score (nSPS) is 12.7. The van der Waals surface area contributed by atoms with Crippen molar-refractivity contribution < 1.29 is 27.4 Å². The molecule has 2 aromatic heterocycles. The van der Waals surface area contributed by atoms with E-state index in [0.717, 1.165) is 5.56 Å². The molecule has 0 aliphatic heterocycles. The molecular weight excluding hydrogens is 425 g/mol. The first-order chi connectivity index (χ1) is 15.2. The van der Waals surface area contributed by atoms with Gasteiger partial charge >= 0.3 is 6.18 Å². The highest BCUT2D eigenvalue weighted by Gasteiger charge is 2.29. The van der Waals surface area contributed by atoms with Crippen molar-refractivity contribution in [2.24, 2.45) is 5.92 Å². The predicted octanol–water partition coefficient (Wildman–Crippen LogP) is 4.13. The molecule has 1 amide bonds. The Morgan fingerprint density at radius 1 is 1.16 bits per heavy atom. The fourth-order valence-electron chi connectivity index (χ4n) is 3.25. The summed E-state index contributed by atoms with van der Waals surface area (Å²) in [5.74, 6) is 0.736. The Balaban J connectivity index is 1.64. The zero-order valence-corrected chi connectivity index (χ0v) is 18.0. The van der Waals surface area contributed by atoms with Gasteiger partial charge in [-0.15, -0.1) is 10.2 Å². The molecule has 3 aromatic rings. The Morgan fingerprint density at radius 2 is 1.94 bits per heavy atom. The van der Waals surface area contributed by atoms with Crippen molar-refractivity contribution in [2.75, 3.05) is 13.7 Å². The molecule has 0 aliphatic carbocycles. The summed E-state index contributed by atoms with van der Waals surface area (Å²) in [6, 6.07) is 9.85. The molecule has 0 fully saturated rings. The minimum absolute atomic E-state index is 0.00316. The number of pyridine rings is 1. The van der Waals surface area contributed by atoms with E-state index in [0.29, 0.717) is 17.9 Å². The maximum Gasteiger partial charge on any atom is 0.422 e. The zero-order chi connectivity index (χ0) is 23.3. The van der Waals surface area contributed by atoms with Gasteiger partial charge in [0.2, 0.25) is 5.91 Å². The van der Waals surface area contributed by atoms with Crippen molar-refractivity contribution in [1.29, 1.82) is 0 Å². The van der Waals surface area contributed by atoms with Crippen LogP contribution >= 0.6 is 0 Å². The second kappa shape index (κ2) is 9.88. The SMILES string of the molecule is COc1cc(CCC(=O)NC(c2nnc3ccccn23)C(C)C)ccc1OCC(F)(F)F. The number of carbonyl (C=O) groups is 1. The molecule has 1 atom stereocenters. The number of aryl methyl sites for hydroxylation is 1. The first-order valence-electron chi connectivity index (χ1n) is 10.1. The number of halogens is 3. The molecule has 0 saturated heterocycles. The van der Waals surface area contributed by atoms with Crippen molar-refractivity contribution in [3.8, 4) is 11.5 Å². The van der Waals surface area contributed by atoms with Gasteiger partial charge in [0.05, 0.1) is 13.2 Å². The number of aromatic nitrogens is 3. The van der Waals surface area contributed by atoms with E-state index in [9.17, 15) is 18.0 Å². The van der Waals surface area contributed by atoms with E-state index in [4.69, 9.17) is 9.47 Å². The fourth-order valence-corrected chi connectivity index (χ4v) is 3.25. The van der Waals surface area contributed by atoms with Gasteiger partial charge in [-0.3, -0.25) is 9.20 Å². The highest BCUT2D eigenvalue weighted by Crippen LogP contribution is 2.30. The van der Waals surface area contributed by atoms with Crippen LogP contribution in [-0.2, 0) is 11.2 Å². The van der Waals surface area contributed by atoms with Crippen LogP contribution in [-0.4, -0.2) is 40.4 Å². The van der Waals surface area contributed by atoms with E-state index in [2.05, 4.69) is 15.5 Å². The average molecular weight is 450 g/mol. The molecule has 1 N–H and O–H groups in total. The number of nitrogens with zero attached hydrogens (tertiary/aromatic N) is 3. The van der Waals surface area contributed by atoms with Gasteiger partial charge in [-0.1, -0.05) is 26.0 Å². The second-order valence-electron chi connectivity index (χ2n) is 7.67.